The summed E-state index contributed by atoms with van der Waals surface area (Å²) in [5, 5.41) is 12.9. The zero-order valence-corrected chi connectivity index (χ0v) is 14.5. The number of fused-ring (bicyclic) bond motifs is 1. The molecule has 2 aromatic heterocycles. The lowest BCUT2D eigenvalue weighted by molar-refractivity contribution is 0.0904. The van der Waals surface area contributed by atoms with Crippen LogP contribution in [0.5, 0.6) is 5.75 Å². The molecule has 3 heterocycles. The van der Waals surface area contributed by atoms with Crippen LogP contribution in [-0.2, 0) is 6.54 Å². The summed E-state index contributed by atoms with van der Waals surface area (Å²) in [5.74, 6) is -0.115. The minimum absolute atomic E-state index is 0.0702. The number of nitrogens with zero attached hydrogens (tertiary/aromatic N) is 3. The molecule has 0 radical (unpaired) electrons. The Kier molecular flexibility index (Phi) is 4.58. The molecule has 0 bridgehead atoms. The Morgan fingerprint density at radius 3 is 2.65 bits per heavy atom. The first-order valence-electron chi connectivity index (χ1n) is 8.93. The molecule has 0 saturated carbocycles. The van der Waals surface area contributed by atoms with Crippen molar-refractivity contribution in [2.45, 2.75) is 25.4 Å². The monoisotopic (exact) mass is 350 g/mol. The van der Waals surface area contributed by atoms with Gasteiger partial charge in [-0.3, -0.25) is 9.69 Å². The van der Waals surface area contributed by atoms with E-state index in [0.717, 1.165) is 32.5 Å². The van der Waals surface area contributed by atoms with Gasteiger partial charge in [-0.25, -0.2) is 4.98 Å². The van der Waals surface area contributed by atoms with Crippen molar-refractivity contribution in [3.8, 4) is 5.75 Å². The predicted octanol–water partition coefficient (Wildman–Crippen LogP) is 2.43. The van der Waals surface area contributed by atoms with Crippen molar-refractivity contribution in [1.29, 1.82) is 0 Å². The molecule has 26 heavy (non-hydrogen) atoms. The number of aromatic nitrogens is 2. The number of aromatic hydroxyl groups is 1. The second-order valence-electron chi connectivity index (χ2n) is 6.76. The molecule has 0 unspecified atom stereocenters. The number of benzene rings is 1. The van der Waals surface area contributed by atoms with Crippen molar-refractivity contribution in [2.24, 2.45) is 0 Å². The summed E-state index contributed by atoms with van der Waals surface area (Å²) in [6.45, 7) is 2.88. The van der Waals surface area contributed by atoms with Gasteiger partial charge < -0.3 is 14.8 Å². The van der Waals surface area contributed by atoms with Crippen LogP contribution in [0.15, 0.2) is 54.9 Å². The van der Waals surface area contributed by atoms with Crippen LogP contribution in [0.2, 0.25) is 0 Å². The van der Waals surface area contributed by atoms with E-state index >= 15 is 0 Å². The highest BCUT2D eigenvalue weighted by Crippen LogP contribution is 2.18. The number of amides is 1. The summed E-state index contributed by atoms with van der Waals surface area (Å²) in [4.78, 5) is 19.1. The Morgan fingerprint density at radius 1 is 1.15 bits per heavy atom. The van der Waals surface area contributed by atoms with E-state index in [-0.39, 0.29) is 17.7 Å². The lowest BCUT2D eigenvalue weighted by atomic mass is 10.0. The van der Waals surface area contributed by atoms with Crippen molar-refractivity contribution >= 4 is 11.6 Å². The van der Waals surface area contributed by atoms with Crippen LogP contribution in [0, 0.1) is 0 Å². The van der Waals surface area contributed by atoms with E-state index in [9.17, 15) is 9.90 Å². The second-order valence-corrected chi connectivity index (χ2v) is 6.76. The van der Waals surface area contributed by atoms with Gasteiger partial charge in [0.05, 0.1) is 0 Å². The highest BCUT2D eigenvalue weighted by atomic mass is 16.3. The number of nitrogens with one attached hydrogen (secondary N) is 1. The quantitative estimate of drug-likeness (QED) is 0.758. The maximum Gasteiger partial charge on any atom is 0.271 e. The van der Waals surface area contributed by atoms with Gasteiger partial charge in [0.15, 0.2) is 11.4 Å². The molecular formula is C20H22N4O2. The number of likely N-dealkylation sites (tertiary alicyclic amines) is 1. The summed E-state index contributed by atoms with van der Waals surface area (Å²) >= 11 is 0. The maximum atomic E-state index is 12.5. The molecule has 0 atom stereocenters. The van der Waals surface area contributed by atoms with Crippen molar-refractivity contribution in [3.05, 3.63) is 66.1 Å². The second kappa shape index (κ2) is 7.17. The first-order valence-corrected chi connectivity index (χ1v) is 8.93. The van der Waals surface area contributed by atoms with E-state index in [1.54, 1.807) is 28.9 Å². The van der Waals surface area contributed by atoms with Crippen LogP contribution in [0.1, 0.15) is 28.9 Å². The van der Waals surface area contributed by atoms with E-state index in [1.165, 1.54) is 5.56 Å². The normalized spacial score (nSPS) is 16.0. The summed E-state index contributed by atoms with van der Waals surface area (Å²) in [6, 6.07) is 13.9. The van der Waals surface area contributed by atoms with Crippen LogP contribution in [0.25, 0.3) is 5.65 Å². The fourth-order valence-electron chi connectivity index (χ4n) is 3.44. The van der Waals surface area contributed by atoms with Crippen LogP contribution in [0.3, 0.4) is 0 Å². The van der Waals surface area contributed by atoms with E-state index in [2.05, 4.69) is 39.5 Å². The minimum atomic E-state index is -0.186. The average molecular weight is 350 g/mol. The molecule has 6 heteroatoms. The van der Waals surface area contributed by atoms with Crippen molar-refractivity contribution < 1.29 is 9.90 Å². The zero-order chi connectivity index (χ0) is 17.9. The lowest BCUT2D eigenvalue weighted by Crippen LogP contribution is -2.44. The van der Waals surface area contributed by atoms with Crippen LogP contribution < -0.4 is 5.32 Å². The summed E-state index contributed by atoms with van der Waals surface area (Å²) in [5.41, 5.74) is 2.05. The van der Waals surface area contributed by atoms with Gasteiger partial charge in [-0.2, -0.15) is 0 Å². The van der Waals surface area contributed by atoms with E-state index < -0.39 is 0 Å². The third-order valence-electron chi connectivity index (χ3n) is 4.87. The first kappa shape index (κ1) is 16.6. The number of pyridine rings is 1. The van der Waals surface area contributed by atoms with Gasteiger partial charge in [-0.1, -0.05) is 30.3 Å². The van der Waals surface area contributed by atoms with Crippen molar-refractivity contribution in [1.82, 2.24) is 19.6 Å². The SMILES string of the molecule is O=C(NC1CCN(Cc2ccccc2)CC1)c1cn2cccc(O)c2n1. The first-order chi connectivity index (χ1) is 12.7. The Hall–Kier alpha value is -2.86. The third kappa shape index (κ3) is 3.55. The molecule has 6 nitrogen and oxygen atoms in total. The molecule has 1 saturated heterocycles. The molecule has 1 aliphatic heterocycles. The molecule has 1 amide bonds. The standard InChI is InChI=1S/C20H22N4O2/c25-18-7-4-10-24-14-17(22-19(18)24)20(26)21-16-8-11-23(12-9-16)13-15-5-2-1-3-6-15/h1-7,10,14,16,25H,8-9,11-13H2,(H,21,26). The van der Waals surface area contributed by atoms with Crippen molar-refractivity contribution in [2.75, 3.05) is 13.1 Å². The molecule has 3 aromatic rings. The Bertz CT molecular complexity index is 899. The number of imidazole rings is 1. The largest absolute Gasteiger partial charge is 0.504 e. The Labute approximate surface area is 152 Å². The Morgan fingerprint density at radius 2 is 1.92 bits per heavy atom. The topological polar surface area (TPSA) is 69.9 Å². The molecule has 1 fully saturated rings. The predicted molar refractivity (Wildman–Crippen MR) is 99.1 cm³/mol. The molecule has 134 valence electrons. The molecule has 1 aliphatic rings. The Balaban J connectivity index is 1.33. The minimum Gasteiger partial charge on any atom is -0.504 e. The van der Waals surface area contributed by atoms with Gasteiger partial charge in [0.2, 0.25) is 0 Å². The van der Waals surface area contributed by atoms with Crippen LogP contribution >= 0.6 is 0 Å². The number of carbonyl (C=O) groups is 1. The smallest absolute Gasteiger partial charge is 0.271 e. The number of hydrogen-bond donors (Lipinski definition) is 2. The fourth-order valence-corrected chi connectivity index (χ4v) is 3.44. The van der Waals surface area contributed by atoms with Gasteiger partial charge in [-0.15, -0.1) is 0 Å². The summed E-state index contributed by atoms with van der Waals surface area (Å²) < 4.78 is 1.66. The number of rotatable bonds is 4. The van der Waals surface area contributed by atoms with Gasteiger partial charge in [-0.05, 0) is 30.5 Å². The average Bonchev–Trinajstić information content (AvgIpc) is 3.10. The van der Waals surface area contributed by atoms with Gasteiger partial charge in [0.25, 0.3) is 5.91 Å². The molecule has 0 aliphatic carbocycles. The molecule has 1 aromatic carbocycles. The van der Waals surface area contributed by atoms with Crippen LogP contribution in [-0.4, -0.2) is 44.4 Å². The number of piperidine rings is 1. The highest BCUT2D eigenvalue weighted by Gasteiger charge is 2.22. The summed E-state index contributed by atoms with van der Waals surface area (Å²) in [7, 11) is 0. The molecule has 2 N–H and O–H groups in total. The summed E-state index contributed by atoms with van der Waals surface area (Å²) in [6.07, 6.45) is 5.27. The fraction of sp³-hybridized carbons (Fsp3) is 0.300. The van der Waals surface area contributed by atoms with E-state index in [4.69, 9.17) is 0 Å². The number of carbonyl (C=O) groups excluding carboxylic acids is 1. The van der Waals surface area contributed by atoms with Crippen LogP contribution in [0.4, 0.5) is 0 Å². The maximum absolute atomic E-state index is 12.5. The number of hydrogen-bond acceptors (Lipinski definition) is 4. The van der Waals surface area contributed by atoms with E-state index in [1.807, 2.05) is 6.07 Å². The molecular weight excluding hydrogens is 328 g/mol. The molecule has 0 spiro atoms. The lowest BCUT2D eigenvalue weighted by Gasteiger charge is -2.32. The highest BCUT2D eigenvalue weighted by molar-refractivity contribution is 5.93. The third-order valence-corrected chi connectivity index (χ3v) is 4.87. The van der Waals surface area contributed by atoms with Gasteiger partial charge >= 0.3 is 0 Å². The molecule has 4 rings (SSSR count). The van der Waals surface area contributed by atoms with Gasteiger partial charge in [0, 0.05) is 38.1 Å². The zero-order valence-electron chi connectivity index (χ0n) is 14.5. The van der Waals surface area contributed by atoms with E-state index in [0.29, 0.717) is 11.3 Å². The van der Waals surface area contributed by atoms with Crippen molar-refractivity contribution in [3.63, 3.8) is 0 Å². The van der Waals surface area contributed by atoms with Gasteiger partial charge in [0.1, 0.15) is 5.69 Å².